The van der Waals surface area contributed by atoms with Gasteiger partial charge in [0.05, 0.1) is 6.54 Å². The summed E-state index contributed by atoms with van der Waals surface area (Å²) in [5.41, 5.74) is 4.75. The summed E-state index contributed by atoms with van der Waals surface area (Å²) in [5.74, 6) is 0.268. The molecule has 7 nitrogen and oxygen atoms in total. The number of hydrogen-bond acceptors (Lipinski definition) is 6. The van der Waals surface area contributed by atoms with Gasteiger partial charge in [0.1, 0.15) is 6.61 Å². The van der Waals surface area contributed by atoms with E-state index >= 15 is 0 Å². The zero-order chi connectivity index (χ0) is 11.3. The lowest BCUT2D eigenvalue weighted by atomic mass is 10.6. The highest BCUT2D eigenvalue weighted by Gasteiger charge is 2.05. The first-order valence-corrected chi connectivity index (χ1v) is 4.57. The van der Waals surface area contributed by atoms with Gasteiger partial charge in [-0.3, -0.25) is 0 Å². The Kier molecular flexibility index (Phi) is 4.32. The van der Waals surface area contributed by atoms with Crippen molar-refractivity contribution >= 4 is 35.1 Å². The van der Waals surface area contributed by atoms with Gasteiger partial charge in [0.2, 0.25) is 5.28 Å². The zero-order valence-corrected chi connectivity index (χ0v) is 8.92. The van der Waals surface area contributed by atoms with E-state index in [9.17, 15) is 4.79 Å². The fraction of sp³-hybridized carbons (Fsp3) is 0.333. The number of nitrogens with one attached hydrogen (secondary N) is 1. The van der Waals surface area contributed by atoms with E-state index in [2.05, 4.69) is 25.2 Å². The van der Waals surface area contributed by atoms with Crippen LogP contribution in [-0.2, 0) is 4.74 Å². The van der Waals surface area contributed by atoms with Crippen molar-refractivity contribution in [2.24, 2.45) is 5.73 Å². The molecule has 0 aliphatic rings. The Morgan fingerprint density at radius 1 is 1.47 bits per heavy atom. The molecule has 0 aromatic carbocycles. The third-order valence-corrected chi connectivity index (χ3v) is 1.67. The number of primary amides is 1. The molecule has 15 heavy (non-hydrogen) atoms. The van der Waals surface area contributed by atoms with Crippen molar-refractivity contribution in [1.29, 1.82) is 0 Å². The van der Waals surface area contributed by atoms with Crippen molar-refractivity contribution in [2.75, 3.05) is 18.5 Å². The molecular formula is C6H7Cl2N5O2. The maximum absolute atomic E-state index is 10.2. The van der Waals surface area contributed by atoms with E-state index in [-0.39, 0.29) is 29.4 Å². The van der Waals surface area contributed by atoms with Crippen LogP contribution in [0.2, 0.25) is 10.4 Å². The van der Waals surface area contributed by atoms with Gasteiger partial charge in [0, 0.05) is 0 Å². The lowest BCUT2D eigenvalue weighted by Crippen LogP contribution is -2.19. The Bertz CT molecular complexity index is 361. The summed E-state index contributed by atoms with van der Waals surface area (Å²) >= 11 is 11.1. The topological polar surface area (TPSA) is 103 Å². The predicted molar refractivity (Wildman–Crippen MR) is 53.9 cm³/mol. The van der Waals surface area contributed by atoms with Gasteiger partial charge < -0.3 is 15.8 Å². The highest BCUT2D eigenvalue weighted by Crippen LogP contribution is 2.15. The summed E-state index contributed by atoms with van der Waals surface area (Å²) in [6, 6.07) is 0. The summed E-state index contributed by atoms with van der Waals surface area (Å²) in [7, 11) is 0. The first-order chi connectivity index (χ1) is 7.09. The van der Waals surface area contributed by atoms with Gasteiger partial charge in [0.15, 0.2) is 11.0 Å². The molecule has 0 aliphatic carbocycles. The van der Waals surface area contributed by atoms with E-state index in [4.69, 9.17) is 28.9 Å². The summed E-state index contributed by atoms with van der Waals surface area (Å²) in [6.45, 7) is 0.380. The minimum Gasteiger partial charge on any atom is -0.448 e. The summed E-state index contributed by atoms with van der Waals surface area (Å²) < 4.78 is 4.47. The van der Waals surface area contributed by atoms with Crippen molar-refractivity contribution in [3.05, 3.63) is 10.4 Å². The molecule has 1 aromatic rings. The van der Waals surface area contributed by atoms with Crippen LogP contribution in [0.4, 0.5) is 10.6 Å². The first-order valence-electron chi connectivity index (χ1n) is 3.81. The zero-order valence-electron chi connectivity index (χ0n) is 7.41. The Balaban J connectivity index is 2.43. The second-order valence-corrected chi connectivity index (χ2v) is 3.01. The van der Waals surface area contributed by atoms with E-state index in [1.807, 2.05) is 0 Å². The van der Waals surface area contributed by atoms with Crippen LogP contribution < -0.4 is 11.1 Å². The highest BCUT2D eigenvalue weighted by molar-refractivity contribution is 6.32. The third-order valence-electron chi connectivity index (χ3n) is 1.26. The fourth-order valence-corrected chi connectivity index (χ4v) is 0.996. The lowest BCUT2D eigenvalue weighted by Gasteiger charge is -2.05. The molecule has 0 saturated carbocycles. The van der Waals surface area contributed by atoms with Crippen LogP contribution in [0.3, 0.4) is 0 Å². The normalized spacial score (nSPS) is 9.73. The van der Waals surface area contributed by atoms with E-state index in [0.29, 0.717) is 0 Å². The van der Waals surface area contributed by atoms with E-state index in [0.717, 1.165) is 0 Å². The molecule has 1 aromatic heterocycles. The molecular weight excluding hydrogens is 245 g/mol. The summed E-state index contributed by atoms with van der Waals surface area (Å²) in [5, 5.41) is 9.74. The number of amides is 1. The maximum atomic E-state index is 10.2. The monoisotopic (exact) mass is 251 g/mol. The summed E-state index contributed by atoms with van der Waals surface area (Å²) in [6.07, 6.45) is -0.846. The number of ether oxygens (including phenoxy) is 1. The minimum atomic E-state index is -0.846. The number of nitrogens with two attached hydrogens (primary N) is 1. The molecule has 0 unspecified atom stereocenters. The number of halogens is 2. The van der Waals surface area contributed by atoms with Gasteiger partial charge in [-0.05, 0) is 11.6 Å². The minimum absolute atomic E-state index is 0.0299. The SMILES string of the molecule is NC(=O)OCCNc1nc(Cl)nnc1Cl. The lowest BCUT2D eigenvalue weighted by molar-refractivity contribution is 0.161. The molecule has 0 atom stereocenters. The second kappa shape index (κ2) is 5.52. The molecule has 1 rings (SSSR count). The highest BCUT2D eigenvalue weighted by atomic mass is 35.5. The van der Waals surface area contributed by atoms with Crippen LogP contribution in [0.1, 0.15) is 0 Å². The standard InChI is InChI=1S/C6H7Cl2N5O2/c7-3-4(11-5(8)13-12-3)10-1-2-15-6(9)14/h1-2H2,(H2,9,14)(H,10,11,13). The van der Waals surface area contributed by atoms with Crippen molar-refractivity contribution in [1.82, 2.24) is 15.2 Å². The third kappa shape index (κ3) is 4.13. The molecule has 0 aliphatic heterocycles. The smallest absolute Gasteiger partial charge is 0.404 e. The quantitative estimate of drug-likeness (QED) is 0.764. The van der Waals surface area contributed by atoms with E-state index < -0.39 is 6.09 Å². The Morgan fingerprint density at radius 3 is 2.87 bits per heavy atom. The van der Waals surface area contributed by atoms with Crippen LogP contribution in [0.5, 0.6) is 0 Å². The number of anilines is 1. The average molecular weight is 252 g/mol. The first kappa shape index (κ1) is 11.7. The number of nitrogens with zero attached hydrogens (tertiary/aromatic N) is 3. The number of carbonyl (C=O) groups is 1. The predicted octanol–water partition coefficient (Wildman–Crippen LogP) is 0.686. The number of hydrogen-bond donors (Lipinski definition) is 2. The molecule has 3 N–H and O–H groups in total. The van der Waals surface area contributed by atoms with Crippen molar-refractivity contribution < 1.29 is 9.53 Å². The van der Waals surface area contributed by atoms with Crippen LogP contribution >= 0.6 is 23.2 Å². The van der Waals surface area contributed by atoms with Gasteiger partial charge in [-0.15, -0.1) is 10.2 Å². The number of carbonyl (C=O) groups excluding carboxylic acids is 1. The van der Waals surface area contributed by atoms with Gasteiger partial charge in [-0.25, -0.2) is 4.79 Å². The van der Waals surface area contributed by atoms with Crippen LogP contribution in [0, 0.1) is 0 Å². The van der Waals surface area contributed by atoms with Gasteiger partial charge in [-0.2, -0.15) is 4.98 Å². The number of aromatic nitrogens is 3. The molecule has 1 amide bonds. The Hall–Kier alpha value is -1.34. The average Bonchev–Trinajstić information content (AvgIpc) is 2.17. The molecule has 0 radical (unpaired) electrons. The molecule has 0 spiro atoms. The van der Waals surface area contributed by atoms with Crippen LogP contribution in [-0.4, -0.2) is 34.4 Å². The van der Waals surface area contributed by atoms with E-state index in [1.165, 1.54) is 0 Å². The Morgan fingerprint density at radius 2 is 2.20 bits per heavy atom. The molecule has 1 heterocycles. The summed E-state index contributed by atoms with van der Waals surface area (Å²) in [4.78, 5) is 14.0. The Labute approximate surface area is 94.9 Å². The molecule has 82 valence electrons. The molecule has 9 heteroatoms. The maximum Gasteiger partial charge on any atom is 0.404 e. The van der Waals surface area contributed by atoms with Crippen molar-refractivity contribution in [3.8, 4) is 0 Å². The fourth-order valence-electron chi connectivity index (χ4n) is 0.727. The largest absolute Gasteiger partial charge is 0.448 e. The van der Waals surface area contributed by atoms with Crippen molar-refractivity contribution in [3.63, 3.8) is 0 Å². The number of rotatable bonds is 4. The van der Waals surface area contributed by atoms with Crippen LogP contribution in [0.15, 0.2) is 0 Å². The molecule has 0 saturated heterocycles. The van der Waals surface area contributed by atoms with Crippen molar-refractivity contribution in [2.45, 2.75) is 0 Å². The van der Waals surface area contributed by atoms with Gasteiger partial charge in [-0.1, -0.05) is 11.6 Å². The van der Waals surface area contributed by atoms with Gasteiger partial charge >= 0.3 is 6.09 Å². The second-order valence-electron chi connectivity index (χ2n) is 2.31. The molecule has 0 fully saturated rings. The van der Waals surface area contributed by atoms with Crippen LogP contribution in [0.25, 0.3) is 0 Å². The van der Waals surface area contributed by atoms with Gasteiger partial charge in [0.25, 0.3) is 0 Å². The van der Waals surface area contributed by atoms with E-state index in [1.54, 1.807) is 0 Å². The molecule has 0 bridgehead atoms.